The fourth-order valence-corrected chi connectivity index (χ4v) is 2.74. The van der Waals surface area contributed by atoms with E-state index in [0.29, 0.717) is 29.2 Å². The van der Waals surface area contributed by atoms with Gasteiger partial charge in [-0.15, -0.1) is 0 Å². The molecule has 2 aromatic carbocycles. The van der Waals surface area contributed by atoms with Gasteiger partial charge in [-0.05, 0) is 35.9 Å². The van der Waals surface area contributed by atoms with Crippen molar-refractivity contribution >= 4 is 0 Å². The van der Waals surface area contributed by atoms with Gasteiger partial charge in [0.05, 0.1) is 6.10 Å². The molecular weight excluding hydrogens is 275 g/mol. The Bertz CT molecular complexity index is 701. The summed E-state index contributed by atoms with van der Waals surface area (Å²) in [6.07, 6.45) is -0.678. The van der Waals surface area contributed by atoms with Crippen LogP contribution in [0.4, 0.5) is 4.39 Å². The normalized spacial score (nSPS) is 22.6. The van der Waals surface area contributed by atoms with Gasteiger partial charge in [-0.3, -0.25) is 0 Å². The Balaban J connectivity index is 1.67. The van der Waals surface area contributed by atoms with E-state index >= 15 is 0 Å². The summed E-state index contributed by atoms with van der Waals surface area (Å²) >= 11 is 0. The molecular formula is C16H13FO4. The molecule has 21 heavy (non-hydrogen) atoms. The SMILES string of the molecule is O[C@@H]1CC(c2ccc3c(c2)OCO3)Oc2ccc(F)cc21. The second kappa shape index (κ2) is 4.63. The van der Waals surface area contributed by atoms with E-state index in [-0.39, 0.29) is 18.7 Å². The van der Waals surface area contributed by atoms with Gasteiger partial charge in [0.15, 0.2) is 11.5 Å². The summed E-state index contributed by atoms with van der Waals surface area (Å²) < 4.78 is 29.8. The molecule has 5 heteroatoms. The minimum Gasteiger partial charge on any atom is -0.485 e. The number of benzene rings is 2. The van der Waals surface area contributed by atoms with Crippen LogP contribution in [0.3, 0.4) is 0 Å². The average molecular weight is 288 g/mol. The monoisotopic (exact) mass is 288 g/mol. The van der Waals surface area contributed by atoms with Crippen molar-refractivity contribution in [3.8, 4) is 17.2 Å². The number of aliphatic hydroxyl groups excluding tert-OH is 1. The molecule has 2 atom stereocenters. The lowest BCUT2D eigenvalue weighted by atomic mass is 9.95. The molecule has 0 saturated carbocycles. The van der Waals surface area contributed by atoms with E-state index in [4.69, 9.17) is 14.2 Å². The van der Waals surface area contributed by atoms with E-state index in [0.717, 1.165) is 5.56 Å². The van der Waals surface area contributed by atoms with Crippen LogP contribution >= 0.6 is 0 Å². The maximum Gasteiger partial charge on any atom is 0.231 e. The Hall–Kier alpha value is -2.27. The van der Waals surface area contributed by atoms with Crippen LogP contribution in [0, 0.1) is 5.82 Å². The smallest absolute Gasteiger partial charge is 0.231 e. The quantitative estimate of drug-likeness (QED) is 0.876. The summed E-state index contributed by atoms with van der Waals surface area (Å²) in [5.74, 6) is 1.52. The van der Waals surface area contributed by atoms with Crippen LogP contribution in [0.5, 0.6) is 17.2 Å². The van der Waals surface area contributed by atoms with Crippen molar-refractivity contribution < 1.29 is 23.7 Å². The predicted octanol–water partition coefficient (Wildman–Crippen LogP) is 3.11. The molecule has 2 aromatic rings. The summed E-state index contributed by atoms with van der Waals surface area (Å²) in [4.78, 5) is 0. The Labute approximate surface area is 120 Å². The number of hydrogen-bond donors (Lipinski definition) is 1. The molecule has 0 aromatic heterocycles. The number of rotatable bonds is 1. The Kier molecular flexibility index (Phi) is 2.75. The van der Waals surface area contributed by atoms with Crippen molar-refractivity contribution in [1.29, 1.82) is 0 Å². The van der Waals surface area contributed by atoms with Crippen molar-refractivity contribution in [2.24, 2.45) is 0 Å². The molecule has 4 nitrogen and oxygen atoms in total. The molecule has 0 saturated heterocycles. The fourth-order valence-electron chi connectivity index (χ4n) is 2.74. The summed E-state index contributed by atoms with van der Waals surface area (Å²) in [6.45, 7) is 0.217. The van der Waals surface area contributed by atoms with Gasteiger partial charge >= 0.3 is 0 Å². The summed E-state index contributed by atoms with van der Waals surface area (Å²) in [5, 5.41) is 10.2. The summed E-state index contributed by atoms with van der Waals surface area (Å²) in [6, 6.07) is 9.76. The zero-order valence-corrected chi connectivity index (χ0v) is 11.1. The predicted molar refractivity (Wildman–Crippen MR) is 71.9 cm³/mol. The van der Waals surface area contributed by atoms with E-state index in [9.17, 15) is 9.50 Å². The van der Waals surface area contributed by atoms with Crippen LogP contribution in [0.15, 0.2) is 36.4 Å². The molecule has 1 N–H and O–H groups in total. The van der Waals surface area contributed by atoms with Gasteiger partial charge in [0.2, 0.25) is 6.79 Å². The molecule has 2 aliphatic rings. The summed E-state index contributed by atoms with van der Waals surface area (Å²) in [7, 11) is 0. The number of ether oxygens (including phenoxy) is 3. The third-order valence-electron chi connectivity index (χ3n) is 3.81. The first-order chi connectivity index (χ1) is 10.2. The molecule has 4 rings (SSSR count). The van der Waals surface area contributed by atoms with Crippen molar-refractivity contribution in [3.63, 3.8) is 0 Å². The maximum atomic E-state index is 13.2. The second-order valence-corrected chi connectivity index (χ2v) is 5.15. The Morgan fingerprint density at radius 2 is 1.81 bits per heavy atom. The third-order valence-corrected chi connectivity index (χ3v) is 3.81. The highest BCUT2D eigenvalue weighted by Crippen LogP contribution is 2.43. The van der Waals surface area contributed by atoms with Gasteiger partial charge in [0, 0.05) is 12.0 Å². The molecule has 2 aliphatic heterocycles. The minimum atomic E-state index is -0.750. The van der Waals surface area contributed by atoms with Crippen LogP contribution in [0.1, 0.15) is 29.8 Å². The first-order valence-corrected chi connectivity index (χ1v) is 6.74. The van der Waals surface area contributed by atoms with Crippen molar-refractivity contribution in [1.82, 2.24) is 0 Å². The Morgan fingerprint density at radius 3 is 2.71 bits per heavy atom. The first-order valence-electron chi connectivity index (χ1n) is 6.74. The lowest BCUT2D eigenvalue weighted by Gasteiger charge is -2.30. The molecule has 1 unspecified atom stereocenters. The van der Waals surface area contributed by atoms with Gasteiger partial charge in [-0.25, -0.2) is 4.39 Å². The molecule has 0 bridgehead atoms. The van der Waals surface area contributed by atoms with Gasteiger partial charge in [0.25, 0.3) is 0 Å². The average Bonchev–Trinajstić information content (AvgIpc) is 2.95. The Morgan fingerprint density at radius 1 is 1.00 bits per heavy atom. The van der Waals surface area contributed by atoms with Crippen LogP contribution in [-0.2, 0) is 0 Å². The minimum absolute atomic E-state index is 0.217. The zero-order valence-electron chi connectivity index (χ0n) is 11.1. The lowest BCUT2D eigenvalue weighted by molar-refractivity contribution is 0.0652. The molecule has 2 heterocycles. The fraction of sp³-hybridized carbons (Fsp3) is 0.250. The molecule has 0 fully saturated rings. The standard InChI is InChI=1S/C16H13FO4/c17-10-2-4-13-11(6-10)12(18)7-15(21-13)9-1-3-14-16(5-9)20-8-19-14/h1-6,12,15,18H,7-8H2/t12-,15?/m1/s1. The molecule has 0 radical (unpaired) electrons. The number of hydrogen-bond acceptors (Lipinski definition) is 4. The molecule has 108 valence electrons. The van der Waals surface area contributed by atoms with Gasteiger partial charge in [-0.2, -0.15) is 0 Å². The van der Waals surface area contributed by atoms with Crippen LogP contribution in [-0.4, -0.2) is 11.9 Å². The van der Waals surface area contributed by atoms with E-state index in [1.54, 1.807) is 6.07 Å². The van der Waals surface area contributed by atoms with Gasteiger partial charge in [0.1, 0.15) is 17.7 Å². The zero-order chi connectivity index (χ0) is 14.4. The first kappa shape index (κ1) is 12.5. The van der Waals surface area contributed by atoms with Gasteiger partial charge < -0.3 is 19.3 Å². The lowest BCUT2D eigenvalue weighted by Crippen LogP contribution is -2.19. The van der Waals surface area contributed by atoms with Crippen LogP contribution in [0.2, 0.25) is 0 Å². The van der Waals surface area contributed by atoms with E-state index in [2.05, 4.69) is 0 Å². The highest BCUT2D eigenvalue weighted by atomic mass is 19.1. The third kappa shape index (κ3) is 2.10. The summed E-state index contributed by atoms with van der Waals surface area (Å²) in [5.41, 5.74) is 1.39. The van der Waals surface area contributed by atoms with E-state index in [1.807, 2.05) is 18.2 Å². The molecule has 0 spiro atoms. The maximum absolute atomic E-state index is 13.2. The van der Waals surface area contributed by atoms with Crippen molar-refractivity contribution in [3.05, 3.63) is 53.3 Å². The number of fused-ring (bicyclic) bond motifs is 2. The molecule has 0 aliphatic carbocycles. The number of aliphatic hydroxyl groups is 1. The molecule has 0 amide bonds. The van der Waals surface area contributed by atoms with Crippen molar-refractivity contribution in [2.45, 2.75) is 18.6 Å². The highest BCUT2D eigenvalue weighted by molar-refractivity contribution is 5.46. The van der Waals surface area contributed by atoms with E-state index in [1.165, 1.54) is 12.1 Å². The van der Waals surface area contributed by atoms with Crippen molar-refractivity contribution in [2.75, 3.05) is 6.79 Å². The topological polar surface area (TPSA) is 47.9 Å². The number of halogens is 1. The largest absolute Gasteiger partial charge is 0.485 e. The highest BCUT2D eigenvalue weighted by Gasteiger charge is 2.29. The van der Waals surface area contributed by atoms with Crippen LogP contribution < -0.4 is 14.2 Å². The van der Waals surface area contributed by atoms with Gasteiger partial charge in [-0.1, -0.05) is 6.07 Å². The van der Waals surface area contributed by atoms with Crippen LogP contribution in [0.25, 0.3) is 0 Å². The second-order valence-electron chi connectivity index (χ2n) is 5.15. The van der Waals surface area contributed by atoms with E-state index < -0.39 is 6.10 Å².